The topological polar surface area (TPSA) is 42.9 Å². The van der Waals surface area contributed by atoms with E-state index in [1.807, 2.05) is 37.4 Å². The van der Waals surface area contributed by atoms with E-state index in [1.54, 1.807) is 0 Å². The molecule has 3 rings (SSSR count). The van der Waals surface area contributed by atoms with Crippen LogP contribution in [-0.2, 0) is 0 Å². The zero-order chi connectivity index (χ0) is 12.0. The Morgan fingerprint density at radius 3 is 2.53 bits per heavy atom. The average molecular weight is 242 g/mol. The second-order valence-corrected chi connectivity index (χ2v) is 4.67. The molecule has 1 aliphatic carbocycles. The van der Waals surface area contributed by atoms with Crippen molar-refractivity contribution in [2.75, 3.05) is 6.26 Å². The molecule has 0 amide bonds. The van der Waals surface area contributed by atoms with Crippen LogP contribution in [-0.4, -0.2) is 22.0 Å². The third kappa shape index (κ3) is 1.41. The van der Waals surface area contributed by atoms with Crippen LogP contribution in [0.2, 0.25) is 0 Å². The van der Waals surface area contributed by atoms with Gasteiger partial charge in [0.15, 0.2) is 5.78 Å². The minimum Gasteiger partial charge on any atom is -0.288 e. The number of aromatic nitrogens is 2. The molecule has 2 aromatic rings. The smallest absolute Gasteiger partial charge is 0.198 e. The number of nitrogens with zero attached hydrogens (tertiary/aromatic N) is 2. The summed E-state index contributed by atoms with van der Waals surface area (Å²) < 4.78 is 0. The van der Waals surface area contributed by atoms with E-state index in [-0.39, 0.29) is 5.78 Å². The number of thioether (sulfide) groups is 1. The normalized spacial score (nSPS) is 12.5. The van der Waals surface area contributed by atoms with E-state index in [0.717, 1.165) is 21.8 Å². The largest absolute Gasteiger partial charge is 0.288 e. The first-order valence-electron chi connectivity index (χ1n) is 5.29. The lowest BCUT2D eigenvalue weighted by Crippen LogP contribution is -2.02. The molecule has 17 heavy (non-hydrogen) atoms. The number of carbonyl (C=O) groups excluding carboxylic acids is 1. The fourth-order valence-electron chi connectivity index (χ4n) is 2.12. The van der Waals surface area contributed by atoms with Gasteiger partial charge in [0.2, 0.25) is 0 Å². The number of benzene rings is 1. The van der Waals surface area contributed by atoms with Crippen molar-refractivity contribution in [2.24, 2.45) is 0 Å². The first-order chi connectivity index (χ1) is 8.22. The fraction of sp³-hybridized carbons (Fsp3) is 0.154. The lowest BCUT2D eigenvalue weighted by Gasteiger charge is -2.04. The van der Waals surface area contributed by atoms with Crippen LogP contribution in [0.15, 0.2) is 29.3 Å². The summed E-state index contributed by atoms with van der Waals surface area (Å²) in [4.78, 5) is 21.0. The molecule has 0 atom stereocenters. The molecule has 0 fully saturated rings. The molecule has 1 aromatic carbocycles. The molecule has 0 radical (unpaired) electrons. The number of ketones is 1. The van der Waals surface area contributed by atoms with Gasteiger partial charge in [0.25, 0.3) is 0 Å². The van der Waals surface area contributed by atoms with E-state index in [9.17, 15) is 4.79 Å². The summed E-state index contributed by atoms with van der Waals surface area (Å²) in [6, 6.07) is 7.59. The fourth-order valence-corrected chi connectivity index (χ4v) is 2.73. The number of rotatable bonds is 1. The van der Waals surface area contributed by atoms with E-state index in [4.69, 9.17) is 0 Å². The van der Waals surface area contributed by atoms with E-state index in [2.05, 4.69) is 9.97 Å². The van der Waals surface area contributed by atoms with Gasteiger partial charge in [-0.3, -0.25) is 4.79 Å². The van der Waals surface area contributed by atoms with Crippen LogP contribution in [0, 0.1) is 6.92 Å². The SMILES string of the molecule is CSc1nc(C)nc2c1C(=O)c1ccccc1-2. The zero-order valence-electron chi connectivity index (χ0n) is 9.52. The molecule has 0 unspecified atom stereocenters. The van der Waals surface area contributed by atoms with Crippen LogP contribution in [0.3, 0.4) is 0 Å². The number of hydrogen-bond acceptors (Lipinski definition) is 4. The van der Waals surface area contributed by atoms with Gasteiger partial charge in [-0.25, -0.2) is 9.97 Å². The minimum atomic E-state index is 0.0416. The van der Waals surface area contributed by atoms with Crippen molar-refractivity contribution in [1.29, 1.82) is 0 Å². The summed E-state index contributed by atoms with van der Waals surface area (Å²) in [5, 5.41) is 0.772. The molecule has 1 aromatic heterocycles. The van der Waals surface area contributed by atoms with Crippen LogP contribution in [0.25, 0.3) is 11.3 Å². The molecular weight excluding hydrogens is 232 g/mol. The van der Waals surface area contributed by atoms with Crippen LogP contribution in [0.4, 0.5) is 0 Å². The summed E-state index contributed by atoms with van der Waals surface area (Å²) in [6.07, 6.45) is 1.93. The summed E-state index contributed by atoms with van der Waals surface area (Å²) in [6.45, 7) is 1.85. The molecule has 3 nitrogen and oxygen atoms in total. The van der Waals surface area contributed by atoms with Crippen molar-refractivity contribution in [3.05, 3.63) is 41.2 Å². The maximum Gasteiger partial charge on any atom is 0.198 e. The van der Waals surface area contributed by atoms with Gasteiger partial charge in [0, 0.05) is 11.1 Å². The average Bonchev–Trinajstić information content (AvgIpc) is 2.63. The predicted octanol–water partition coefficient (Wildman–Crippen LogP) is 2.72. The molecule has 4 heteroatoms. The number of carbonyl (C=O) groups is 1. The standard InChI is InChI=1S/C13H10N2OS/c1-7-14-11-8-5-3-4-6-9(8)12(16)10(11)13(15-7)17-2/h3-6H,1-2H3. The summed E-state index contributed by atoms with van der Waals surface area (Å²) in [7, 11) is 0. The highest BCUT2D eigenvalue weighted by Gasteiger charge is 2.31. The Kier molecular flexibility index (Phi) is 2.26. The van der Waals surface area contributed by atoms with Gasteiger partial charge in [-0.05, 0) is 13.2 Å². The van der Waals surface area contributed by atoms with Crippen LogP contribution < -0.4 is 0 Å². The highest BCUT2D eigenvalue weighted by molar-refractivity contribution is 7.98. The number of hydrogen-bond donors (Lipinski definition) is 0. The lowest BCUT2D eigenvalue weighted by molar-refractivity contribution is 0.104. The monoisotopic (exact) mass is 242 g/mol. The highest BCUT2D eigenvalue weighted by atomic mass is 32.2. The number of aryl methyl sites for hydroxylation is 1. The Labute approximate surface area is 103 Å². The van der Waals surface area contributed by atoms with Crippen molar-refractivity contribution < 1.29 is 4.79 Å². The molecule has 0 saturated carbocycles. The maximum atomic E-state index is 12.3. The summed E-state index contributed by atoms with van der Waals surface area (Å²) >= 11 is 1.49. The Balaban J connectivity index is 2.38. The van der Waals surface area contributed by atoms with Gasteiger partial charge in [-0.1, -0.05) is 24.3 Å². The highest BCUT2D eigenvalue weighted by Crippen LogP contribution is 2.38. The Bertz CT molecular complexity index is 637. The second-order valence-electron chi connectivity index (χ2n) is 3.88. The summed E-state index contributed by atoms with van der Waals surface area (Å²) in [5.74, 6) is 0.748. The van der Waals surface area contributed by atoms with Gasteiger partial charge < -0.3 is 0 Å². The van der Waals surface area contributed by atoms with E-state index >= 15 is 0 Å². The third-order valence-electron chi connectivity index (χ3n) is 2.83. The van der Waals surface area contributed by atoms with E-state index in [1.165, 1.54) is 11.8 Å². The second kappa shape index (κ2) is 3.67. The van der Waals surface area contributed by atoms with Crippen molar-refractivity contribution in [3.63, 3.8) is 0 Å². The van der Waals surface area contributed by atoms with Gasteiger partial charge in [0.1, 0.15) is 10.9 Å². The van der Waals surface area contributed by atoms with Gasteiger partial charge in [-0.2, -0.15) is 0 Å². The minimum absolute atomic E-state index is 0.0416. The molecule has 84 valence electrons. The van der Waals surface area contributed by atoms with Gasteiger partial charge in [-0.15, -0.1) is 11.8 Å². The zero-order valence-corrected chi connectivity index (χ0v) is 10.3. The van der Waals surface area contributed by atoms with Crippen molar-refractivity contribution >= 4 is 17.5 Å². The molecule has 0 aliphatic heterocycles. The Morgan fingerprint density at radius 2 is 1.82 bits per heavy atom. The van der Waals surface area contributed by atoms with Gasteiger partial charge in [0.05, 0.1) is 11.3 Å². The quantitative estimate of drug-likeness (QED) is 0.486. The van der Waals surface area contributed by atoms with Crippen LogP contribution in [0.1, 0.15) is 21.7 Å². The van der Waals surface area contributed by atoms with Crippen molar-refractivity contribution in [2.45, 2.75) is 11.9 Å². The van der Waals surface area contributed by atoms with Crippen molar-refractivity contribution in [3.8, 4) is 11.3 Å². The first-order valence-corrected chi connectivity index (χ1v) is 6.51. The lowest BCUT2D eigenvalue weighted by atomic mass is 10.1. The molecule has 0 saturated heterocycles. The molecule has 0 bridgehead atoms. The third-order valence-corrected chi connectivity index (χ3v) is 3.52. The molecular formula is C13H10N2OS. The van der Waals surface area contributed by atoms with Crippen molar-refractivity contribution in [1.82, 2.24) is 9.97 Å². The molecule has 1 aliphatic rings. The maximum absolute atomic E-state index is 12.3. The van der Waals surface area contributed by atoms with E-state index < -0.39 is 0 Å². The van der Waals surface area contributed by atoms with E-state index in [0.29, 0.717) is 11.4 Å². The Hall–Kier alpha value is -1.68. The van der Waals surface area contributed by atoms with Crippen LogP contribution >= 0.6 is 11.8 Å². The Morgan fingerprint density at radius 1 is 1.12 bits per heavy atom. The molecule has 1 heterocycles. The first kappa shape index (κ1) is 10.5. The summed E-state index contributed by atoms with van der Waals surface area (Å²) in [5.41, 5.74) is 3.10. The number of fused-ring (bicyclic) bond motifs is 3. The predicted molar refractivity (Wildman–Crippen MR) is 67.4 cm³/mol. The van der Waals surface area contributed by atoms with Gasteiger partial charge >= 0.3 is 0 Å². The van der Waals surface area contributed by atoms with Crippen LogP contribution in [0.5, 0.6) is 0 Å². The molecule has 0 spiro atoms. The molecule has 0 N–H and O–H groups in total.